The molecular formula is C13H8BrClN2O3. The molecular weight excluding hydrogens is 348 g/mol. The van der Waals surface area contributed by atoms with E-state index < -0.39 is 11.9 Å². The zero-order valence-corrected chi connectivity index (χ0v) is 12.3. The third-order valence-electron chi connectivity index (χ3n) is 2.42. The van der Waals surface area contributed by atoms with Crippen molar-refractivity contribution in [3.63, 3.8) is 0 Å². The highest BCUT2D eigenvalue weighted by Gasteiger charge is 2.12. The number of rotatable bonds is 3. The maximum atomic E-state index is 12.0. The minimum absolute atomic E-state index is 0.191. The van der Waals surface area contributed by atoms with Crippen molar-refractivity contribution in [2.45, 2.75) is 0 Å². The Hall–Kier alpha value is -1.92. The van der Waals surface area contributed by atoms with Gasteiger partial charge in [-0.25, -0.2) is 9.78 Å². The Morgan fingerprint density at radius 3 is 2.65 bits per heavy atom. The average molecular weight is 356 g/mol. The number of carboxylic acid groups (broad SMARTS) is 1. The van der Waals surface area contributed by atoms with Gasteiger partial charge in [0.25, 0.3) is 5.91 Å². The van der Waals surface area contributed by atoms with Crippen molar-refractivity contribution in [2.75, 3.05) is 5.32 Å². The maximum absolute atomic E-state index is 12.0. The van der Waals surface area contributed by atoms with E-state index in [2.05, 4.69) is 26.2 Å². The van der Waals surface area contributed by atoms with E-state index in [1.807, 2.05) is 0 Å². The van der Waals surface area contributed by atoms with Gasteiger partial charge in [-0.2, -0.15) is 0 Å². The number of nitrogens with one attached hydrogen (secondary N) is 1. The van der Waals surface area contributed by atoms with Gasteiger partial charge in [-0.15, -0.1) is 0 Å². The Bertz CT molecular complexity index is 691. The van der Waals surface area contributed by atoms with Gasteiger partial charge >= 0.3 is 5.97 Å². The molecule has 7 heteroatoms. The summed E-state index contributed by atoms with van der Waals surface area (Å²) < 4.78 is 0.789. The monoisotopic (exact) mass is 354 g/mol. The highest BCUT2D eigenvalue weighted by atomic mass is 79.9. The molecule has 0 spiro atoms. The molecule has 1 aromatic carbocycles. The molecule has 1 heterocycles. The van der Waals surface area contributed by atoms with Gasteiger partial charge in [0.2, 0.25) is 0 Å². The van der Waals surface area contributed by atoms with E-state index in [4.69, 9.17) is 16.7 Å². The van der Waals surface area contributed by atoms with Crippen molar-refractivity contribution in [1.82, 2.24) is 4.98 Å². The van der Waals surface area contributed by atoms with E-state index in [0.29, 0.717) is 10.7 Å². The van der Waals surface area contributed by atoms with E-state index in [0.717, 1.165) is 4.47 Å². The molecule has 0 unspecified atom stereocenters. The Labute approximate surface area is 127 Å². The van der Waals surface area contributed by atoms with Crippen molar-refractivity contribution in [3.05, 3.63) is 57.3 Å². The molecule has 0 saturated carbocycles. The minimum Gasteiger partial charge on any atom is -0.477 e. The lowest BCUT2D eigenvalue weighted by Crippen LogP contribution is -2.13. The number of benzene rings is 1. The molecule has 0 aliphatic rings. The van der Waals surface area contributed by atoms with Crippen LogP contribution in [0.25, 0.3) is 0 Å². The first-order valence-electron chi connectivity index (χ1n) is 5.43. The normalized spacial score (nSPS) is 10.1. The maximum Gasteiger partial charge on any atom is 0.354 e. The number of halogens is 2. The SMILES string of the molecule is O=C(Nc1ccc(Br)cc1Cl)c1ccnc(C(=O)O)c1. The Balaban J connectivity index is 2.24. The van der Waals surface area contributed by atoms with E-state index in [9.17, 15) is 9.59 Å². The largest absolute Gasteiger partial charge is 0.477 e. The number of nitrogens with zero attached hydrogens (tertiary/aromatic N) is 1. The highest BCUT2D eigenvalue weighted by Crippen LogP contribution is 2.26. The first kappa shape index (κ1) is 14.5. The number of carboxylic acids is 1. The second-order valence-corrected chi connectivity index (χ2v) is 5.14. The van der Waals surface area contributed by atoms with Crippen LogP contribution in [0, 0.1) is 0 Å². The highest BCUT2D eigenvalue weighted by molar-refractivity contribution is 9.10. The zero-order valence-electron chi connectivity index (χ0n) is 9.93. The predicted octanol–water partition coefficient (Wildman–Crippen LogP) is 3.45. The predicted molar refractivity (Wildman–Crippen MR) is 78.3 cm³/mol. The summed E-state index contributed by atoms with van der Waals surface area (Å²) in [4.78, 5) is 26.5. The molecule has 20 heavy (non-hydrogen) atoms. The van der Waals surface area contributed by atoms with E-state index in [1.165, 1.54) is 18.3 Å². The lowest BCUT2D eigenvalue weighted by atomic mass is 10.2. The van der Waals surface area contributed by atoms with Crippen LogP contribution in [0.1, 0.15) is 20.8 Å². The van der Waals surface area contributed by atoms with Gasteiger partial charge in [0, 0.05) is 16.2 Å². The van der Waals surface area contributed by atoms with Gasteiger partial charge in [0.05, 0.1) is 10.7 Å². The molecule has 2 N–H and O–H groups in total. The van der Waals surface area contributed by atoms with Gasteiger partial charge in [-0.1, -0.05) is 27.5 Å². The topological polar surface area (TPSA) is 79.3 Å². The zero-order chi connectivity index (χ0) is 14.7. The van der Waals surface area contributed by atoms with Crippen LogP contribution in [0.15, 0.2) is 41.0 Å². The van der Waals surface area contributed by atoms with Crippen LogP contribution in [0.4, 0.5) is 5.69 Å². The molecule has 0 bridgehead atoms. The van der Waals surface area contributed by atoms with Crippen molar-refractivity contribution in [2.24, 2.45) is 0 Å². The summed E-state index contributed by atoms with van der Waals surface area (Å²) in [5.74, 6) is -1.65. The molecule has 5 nitrogen and oxygen atoms in total. The second-order valence-electron chi connectivity index (χ2n) is 3.81. The van der Waals surface area contributed by atoms with Crippen molar-refractivity contribution in [3.8, 4) is 0 Å². The number of carbonyl (C=O) groups excluding carboxylic acids is 1. The quantitative estimate of drug-likeness (QED) is 0.884. The van der Waals surface area contributed by atoms with Crippen LogP contribution in [0.3, 0.4) is 0 Å². The van der Waals surface area contributed by atoms with Crippen LogP contribution in [0.2, 0.25) is 5.02 Å². The number of aromatic carboxylic acids is 1. The van der Waals surface area contributed by atoms with Crippen LogP contribution in [-0.2, 0) is 0 Å². The van der Waals surface area contributed by atoms with Gasteiger partial charge in [-0.05, 0) is 30.3 Å². The summed E-state index contributed by atoms with van der Waals surface area (Å²) in [5.41, 5.74) is 0.435. The molecule has 1 aromatic heterocycles. The fourth-order valence-corrected chi connectivity index (χ4v) is 2.19. The van der Waals surface area contributed by atoms with E-state index >= 15 is 0 Å². The summed E-state index contributed by atoms with van der Waals surface area (Å²) in [7, 11) is 0. The number of hydrogen-bond donors (Lipinski definition) is 2. The number of aromatic nitrogens is 1. The van der Waals surface area contributed by atoms with Crippen molar-refractivity contribution in [1.29, 1.82) is 0 Å². The molecule has 1 amide bonds. The van der Waals surface area contributed by atoms with Gasteiger partial charge in [0.1, 0.15) is 5.69 Å². The molecule has 2 aromatic rings. The number of pyridine rings is 1. The lowest BCUT2D eigenvalue weighted by molar-refractivity contribution is 0.0690. The average Bonchev–Trinajstić information content (AvgIpc) is 2.42. The third-order valence-corrected chi connectivity index (χ3v) is 3.23. The fraction of sp³-hybridized carbons (Fsp3) is 0. The second kappa shape index (κ2) is 6.02. The Morgan fingerprint density at radius 1 is 1.25 bits per heavy atom. The Kier molecular flexibility index (Phi) is 4.36. The Morgan fingerprint density at radius 2 is 2.00 bits per heavy atom. The number of hydrogen-bond acceptors (Lipinski definition) is 3. The third kappa shape index (κ3) is 3.34. The minimum atomic E-state index is -1.19. The summed E-state index contributed by atoms with van der Waals surface area (Å²) in [6.07, 6.45) is 1.27. The number of carbonyl (C=O) groups is 2. The van der Waals surface area contributed by atoms with Crippen molar-refractivity contribution >= 4 is 45.1 Å². The number of amides is 1. The molecule has 0 saturated heterocycles. The van der Waals surface area contributed by atoms with Crippen LogP contribution in [0.5, 0.6) is 0 Å². The summed E-state index contributed by atoms with van der Waals surface area (Å²) >= 11 is 9.25. The van der Waals surface area contributed by atoms with Crippen LogP contribution in [-0.4, -0.2) is 22.0 Å². The first-order valence-corrected chi connectivity index (χ1v) is 6.60. The molecule has 0 fully saturated rings. The molecule has 0 atom stereocenters. The molecule has 102 valence electrons. The van der Waals surface area contributed by atoms with Crippen LogP contribution < -0.4 is 5.32 Å². The van der Waals surface area contributed by atoms with Gasteiger partial charge in [0.15, 0.2) is 0 Å². The standard InChI is InChI=1S/C13H8BrClN2O3/c14-8-1-2-10(9(15)6-8)17-12(18)7-3-4-16-11(5-7)13(19)20/h1-6H,(H,17,18)(H,19,20). The van der Waals surface area contributed by atoms with Crippen LogP contribution >= 0.6 is 27.5 Å². The first-order chi connectivity index (χ1) is 9.47. The van der Waals surface area contributed by atoms with E-state index in [-0.39, 0.29) is 11.3 Å². The summed E-state index contributed by atoms with van der Waals surface area (Å²) in [5, 5.41) is 11.8. The molecule has 2 rings (SSSR count). The van der Waals surface area contributed by atoms with Gasteiger partial charge < -0.3 is 10.4 Å². The molecule has 0 radical (unpaired) electrons. The van der Waals surface area contributed by atoms with E-state index in [1.54, 1.807) is 18.2 Å². The van der Waals surface area contributed by atoms with Crippen molar-refractivity contribution < 1.29 is 14.7 Å². The fourth-order valence-electron chi connectivity index (χ4n) is 1.47. The summed E-state index contributed by atoms with van der Waals surface area (Å²) in [6.45, 7) is 0. The molecule has 0 aliphatic carbocycles. The molecule has 0 aliphatic heterocycles. The summed E-state index contributed by atoms with van der Waals surface area (Å²) in [6, 6.07) is 7.64. The van der Waals surface area contributed by atoms with Gasteiger partial charge in [-0.3, -0.25) is 4.79 Å². The number of anilines is 1. The lowest BCUT2D eigenvalue weighted by Gasteiger charge is -2.07. The smallest absolute Gasteiger partial charge is 0.354 e.